The first-order valence-electron chi connectivity index (χ1n) is 8.09. The highest BCUT2D eigenvalue weighted by Gasteiger charge is 2.30. The Morgan fingerprint density at radius 1 is 1.30 bits per heavy atom. The van der Waals surface area contributed by atoms with E-state index < -0.39 is 9.84 Å². The van der Waals surface area contributed by atoms with Crippen molar-refractivity contribution in [2.24, 2.45) is 5.92 Å². The Labute approximate surface area is 137 Å². The second-order valence-corrected chi connectivity index (χ2v) is 8.66. The number of hydrogen-bond donors (Lipinski definition) is 1. The molecule has 1 aromatic rings. The van der Waals surface area contributed by atoms with E-state index in [1.165, 1.54) is 6.33 Å². The monoisotopic (exact) mass is 340 g/mol. The molecule has 1 aromatic heterocycles. The molecule has 2 saturated heterocycles. The molecule has 0 aromatic carbocycles. The Kier molecular flexibility index (Phi) is 5.01. The summed E-state index contributed by atoms with van der Waals surface area (Å²) >= 11 is 0. The van der Waals surface area contributed by atoms with E-state index in [4.69, 9.17) is 4.74 Å². The molecule has 0 radical (unpaired) electrons. The van der Waals surface area contributed by atoms with Crippen LogP contribution in [0.15, 0.2) is 12.4 Å². The van der Waals surface area contributed by atoms with Crippen LogP contribution in [-0.4, -0.2) is 67.6 Å². The Morgan fingerprint density at radius 2 is 2.09 bits per heavy atom. The molecule has 2 fully saturated rings. The number of piperidine rings is 1. The summed E-state index contributed by atoms with van der Waals surface area (Å²) in [6.45, 7) is 2.90. The average molecular weight is 340 g/mol. The van der Waals surface area contributed by atoms with Crippen molar-refractivity contribution in [1.29, 1.82) is 0 Å². The highest BCUT2D eigenvalue weighted by molar-refractivity contribution is 7.91. The normalized spacial score (nSPS) is 25.3. The van der Waals surface area contributed by atoms with Gasteiger partial charge in [0.25, 0.3) is 0 Å². The van der Waals surface area contributed by atoms with Gasteiger partial charge in [-0.15, -0.1) is 0 Å². The molecule has 3 rings (SSSR count). The van der Waals surface area contributed by atoms with Crippen LogP contribution in [0.3, 0.4) is 0 Å². The highest BCUT2D eigenvalue weighted by atomic mass is 32.2. The van der Waals surface area contributed by atoms with E-state index in [1.807, 2.05) is 0 Å². The van der Waals surface area contributed by atoms with Crippen molar-refractivity contribution in [1.82, 2.24) is 14.9 Å². The summed E-state index contributed by atoms with van der Waals surface area (Å²) in [5.41, 5.74) is 0. The van der Waals surface area contributed by atoms with Gasteiger partial charge in [0, 0.05) is 31.7 Å². The lowest BCUT2D eigenvalue weighted by molar-refractivity contribution is 0.194. The molecule has 3 heterocycles. The van der Waals surface area contributed by atoms with Crippen molar-refractivity contribution in [2.45, 2.75) is 25.3 Å². The minimum Gasteiger partial charge on any atom is -0.481 e. The number of hydrogen-bond acceptors (Lipinski definition) is 7. The minimum atomic E-state index is -2.77. The lowest BCUT2D eigenvalue weighted by Crippen LogP contribution is -2.41. The van der Waals surface area contributed by atoms with Crippen LogP contribution in [0.4, 0.5) is 5.82 Å². The molecule has 23 heavy (non-hydrogen) atoms. The summed E-state index contributed by atoms with van der Waals surface area (Å²) in [7, 11) is -1.18. The molecule has 0 spiro atoms. The molecule has 1 unspecified atom stereocenters. The van der Waals surface area contributed by atoms with E-state index in [9.17, 15) is 8.42 Å². The number of ether oxygens (including phenoxy) is 1. The number of rotatable bonds is 5. The molecule has 8 heteroatoms. The van der Waals surface area contributed by atoms with Gasteiger partial charge in [0.05, 0.1) is 18.6 Å². The quantitative estimate of drug-likeness (QED) is 0.848. The number of methoxy groups -OCH3 is 1. The second-order valence-electron chi connectivity index (χ2n) is 6.43. The number of nitrogens with zero attached hydrogens (tertiary/aromatic N) is 3. The van der Waals surface area contributed by atoms with Gasteiger partial charge in [-0.05, 0) is 25.2 Å². The number of likely N-dealkylation sites (tertiary alicyclic amines) is 1. The first-order valence-corrected chi connectivity index (χ1v) is 9.91. The molecule has 7 nitrogen and oxygen atoms in total. The van der Waals surface area contributed by atoms with Crippen LogP contribution in [0, 0.1) is 5.92 Å². The minimum absolute atomic E-state index is 0.315. The van der Waals surface area contributed by atoms with E-state index >= 15 is 0 Å². The Hall–Kier alpha value is -1.41. The maximum absolute atomic E-state index is 11.5. The van der Waals surface area contributed by atoms with Gasteiger partial charge in [-0.1, -0.05) is 0 Å². The van der Waals surface area contributed by atoms with Crippen molar-refractivity contribution in [3.63, 3.8) is 0 Å². The molecule has 0 bridgehead atoms. The predicted molar refractivity (Wildman–Crippen MR) is 88.4 cm³/mol. The fourth-order valence-electron chi connectivity index (χ4n) is 3.38. The smallest absolute Gasteiger partial charge is 0.218 e. The largest absolute Gasteiger partial charge is 0.481 e. The van der Waals surface area contributed by atoms with Crippen LogP contribution in [0.25, 0.3) is 0 Å². The lowest BCUT2D eigenvalue weighted by atomic mass is 10.0. The van der Waals surface area contributed by atoms with Crippen molar-refractivity contribution in [3.05, 3.63) is 12.4 Å². The molecule has 128 valence electrons. The third kappa shape index (κ3) is 4.54. The van der Waals surface area contributed by atoms with Crippen LogP contribution in [0.2, 0.25) is 0 Å². The fourth-order valence-corrected chi connectivity index (χ4v) is 5.23. The third-order valence-electron chi connectivity index (χ3n) is 4.63. The van der Waals surface area contributed by atoms with Crippen LogP contribution in [0.5, 0.6) is 5.88 Å². The molecular weight excluding hydrogens is 316 g/mol. The molecular formula is C15H24N4O3S. The molecule has 0 aliphatic carbocycles. The Morgan fingerprint density at radius 3 is 2.74 bits per heavy atom. The Bertz CT molecular complexity index is 629. The lowest BCUT2D eigenvalue weighted by Gasteiger charge is -2.33. The summed E-state index contributed by atoms with van der Waals surface area (Å²) < 4.78 is 28.2. The summed E-state index contributed by atoms with van der Waals surface area (Å²) in [4.78, 5) is 10.6. The number of aromatic nitrogens is 2. The van der Waals surface area contributed by atoms with Crippen molar-refractivity contribution in [2.75, 3.05) is 43.6 Å². The molecule has 0 saturated carbocycles. The number of anilines is 1. The maximum Gasteiger partial charge on any atom is 0.218 e. The molecule has 1 N–H and O–H groups in total. The first-order chi connectivity index (χ1) is 11.0. The van der Waals surface area contributed by atoms with Gasteiger partial charge in [0.15, 0.2) is 9.84 Å². The molecule has 2 aliphatic heterocycles. The van der Waals surface area contributed by atoms with E-state index in [0.29, 0.717) is 29.3 Å². The SMILES string of the molecule is COc1cc(NC2CCN(CC3CCS(=O)(=O)C3)CC2)ncn1. The van der Waals surface area contributed by atoms with Gasteiger partial charge in [-0.25, -0.2) is 18.4 Å². The van der Waals surface area contributed by atoms with E-state index in [-0.39, 0.29) is 0 Å². The van der Waals surface area contributed by atoms with Crippen molar-refractivity contribution >= 4 is 15.7 Å². The van der Waals surface area contributed by atoms with E-state index in [0.717, 1.165) is 44.7 Å². The summed E-state index contributed by atoms with van der Waals surface area (Å²) in [5, 5.41) is 3.43. The van der Waals surface area contributed by atoms with Gasteiger partial charge in [-0.3, -0.25) is 0 Å². The summed E-state index contributed by atoms with van der Waals surface area (Å²) in [5.74, 6) is 2.40. The van der Waals surface area contributed by atoms with Crippen LogP contribution >= 0.6 is 0 Å². The summed E-state index contributed by atoms with van der Waals surface area (Å²) in [6.07, 6.45) is 4.38. The topological polar surface area (TPSA) is 84.4 Å². The average Bonchev–Trinajstić information content (AvgIpc) is 2.88. The molecule has 1 atom stereocenters. The first kappa shape index (κ1) is 16.4. The van der Waals surface area contributed by atoms with Crippen LogP contribution in [-0.2, 0) is 9.84 Å². The fraction of sp³-hybridized carbons (Fsp3) is 0.733. The van der Waals surface area contributed by atoms with Crippen LogP contribution < -0.4 is 10.1 Å². The van der Waals surface area contributed by atoms with Gasteiger partial charge in [0.2, 0.25) is 5.88 Å². The van der Waals surface area contributed by atoms with E-state index in [2.05, 4.69) is 20.2 Å². The zero-order valence-corrected chi connectivity index (χ0v) is 14.3. The molecule has 2 aliphatic rings. The Balaban J connectivity index is 1.45. The number of nitrogens with one attached hydrogen (secondary N) is 1. The second kappa shape index (κ2) is 7.00. The third-order valence-corrected chi connectivity index (χ3v) is 6.47. The van der Waals surface area contributed by atoms with Gasteiger partial charge in [0.1, 0.15) is 12.1 Å². The van der Waals surface area contributed by atoms with Crippen molar-refractivity contribution < 1.29 is 13.2 Å². The zero-order chi connectivity index (χ0) is 16.3. The van der Waals surface area contributed by atoms with Crippen LogP contribution in [0.1, 0.15) is 19.3 Å². The molecule has 0 amide bonds. The van der Waals surface area contributed by atoms with Gasteiger partial charge < -0.3 is 15.0 Å². The van der Waals surface area contributed by atoms with E-state index in [1.54, 1.807) is 13.2 Å². The highest BCUT2D eigenvalue weighted by Crippen LogP contribution is 2.22. The number of sulfone groups is 1. The van der Waals surface area contributed by atoms with Gasteiger partial charge >= 0.3 is 0 Å². The van der Waals surface area contributed by atoms with Gasteiger partial charge in [-0.2, -0.15) is 0 Å². The summed E-state index contributed by atoms with van der Waals surface area (Å²) in [6, 6.07) is 2.19. The predicted octanol–water partition coefficient (Wildman–Crippen LogP) is 0.796. The zero-order valence-electron chi connectivity index (χ0n) is 13.4. The maximum atomic E-state index is 11.5. The van der Waals surface area contributed by atoms with Crippen molar-refractivity contribution in [3.8, 4) is 5.88 Å². The standard InChI is InChI=1S/C15H24N4O3S/c1-22-15-8-14(16-11-17-15)18-13-2-5-19(6-3-13)9-12-4-7-23(20,21)10-12/h8,11-13H,2-7,9-10H2,1H3,(H,16,17,18).